The van der Waals surface area contributed by atoms with E-state index >= 15 is 0 Å². The second-order valence-corrected chi connectivity index (χ2v) is 5.19. The van der Waals surface area contributed by atoms with Gasteiger partial charge >= 0.3 is 0 Å². The molecule has 0 aliphatic rings. The first-order valence-electron chi connectivity index (χ1n) is 5.76. The average Bonchev–Trinajstić information content (AvgIpc) is 2.37. The molecule has 0 fully saturated rings. The van der Waals surface area contributed by atoms with Crippen LogP contribution in [0.15, 0.2) is 34.8 Å². The lowest BCUT2D eigenvalue weighted by Gasteiger charge is -2.14. The molecule has 0 saturated heterocycles. The maximum absolute atomic E-state index is 13.7. The zero-order chi connectivity index (χ0) is 14.9. The molecule has 1 atom stereocenters. The second kappa shape index (κ2) is 5.85. The molecule has 0 saturated carbocycles. The summed E-state index contributed by atoms with van der Waals surface area (Å²) in [5, 5.41) is 0. The van der Waals surface area contributed by atoms with E-state index in [4.69, 9.17) is 10.5 Å². The molecule has 0 spiro atoms. The Balaban J connectivity index is 2.45. The number of benzene rings is 2. The molecule has 0 radical (unpaired) electrons. The van der Waals surface area contributed by atoms with Crippen molar-refractivity contribution in [3.8, 4) is 11.5 Å². The Hall–Kier alpha value is -1.53. The van der Waals surface area contributed by atoms with Crippen LogP contribution in [-0.2, 0) is 0 Å². The van der Waals surface area contributed by atoms with E-state index in [1.165, 1.54) is 18.2 Å². The normalized spacial score (nSPS) is 12.3. The molecule has 6 heteroatoms. The lowest BCUT2D eigenvalue weighted by molar-refractivity contribution is 0.409. The molecule has 2 nitrogen and oxygen atoms in total. The molecule has 0 amide bonds. The highest BCUT2D eigenvalue weighted by Gasteiger charge is 2.15. The Morgan fingerprint density at radius 3 is 2.45 bits per heavy atom. The van der Waals surface area contributed by atoms with Crippen LogP contribution in [-0.4, -0.2) is 0 Å². The average molecular weight is 346 g/mol. The van der Waals surface area contributed by atoms with Crippen molar-refractivity contribution in [2.24, 2.45) is 5.73 Å². The fourth-order valence-electron chi connectivity index (χ4n) is 1.69. The number of halogens is 4. The van der Waals surface area contributed by atoms with Crippen LogP contribution in [0.4, 0.5) is 13.2 Å². The number of ether oxygens (including phenoxy) is 1. The van der Waals surface area contributed by atoms with Gasteiger partial charge in [-0.15, -0.1) is 0 Å². The molecule has 2 aromatic carbocycles. The van der Waals surface area contributed by atoms with Crippen LogP contribution in [0.25, 0.3) is 0 Å². The molecule has 0 heterocycles. The quantitative estimate of drug-likeness (QED) is 0.819. The van der Waals surface area contributed by atoms with Gasteiger partial charge in [0.15, 0.2) is 11.6 Å². The van der Waals surface area contributed by atoms with Crippen LogP contribution in [0, 0.1) is 17.5 Å². The van der Waals surface area contributed by atoms with Gasteiger partial charge in [-0.3, -0.25) is 0 Å². The van der Waals surface area contributed by atoms with Crippen LogP contribution in [0.1, 0.15) is 18.5 Å². The maximum Gasteiger partial charge on any atom is 0.201 e. The highest BCUT2D eigenvalue weighted by atomic mass is 79.9. The Bertz CT molecular complexity index is 647. The van der Waals surface area contributed by atoms with Gasteiger partial charge in [0.05, 0.1) is 0 Å². The van der Waals surface area contributed by atoms with Crippen molar-refractivity contribution in [2.75, 3.05) is 0 Å². The summed E-state index contributed by atoms with van der Waals surface area (Å²) in [7, 11) is 0. The minimum absolute atomic E-state index is 0.179. The van der Waals surface area contributed by atoms with Gasteiger partial charge in [-0.1, -0.05) is 15.9 Å². The topological polar surface area (TPSA) is 35.2 Å². The third-order valence-corrected chi connectivity index (χ3v) is 3.10. The molecule has 2 rings (SSSR count). The van der Waals surface area contributed by atoms with Gasteiger partial charge in [0.2, 0.25) is 5.82 Å². The molecule has 0 aromatic heterocycles. The van der Waals surface area contributed by atoms with Crippen molar-refractivity contribution in [1.29, 1.82) is 0 Å². The fraction of sp³-hybridized carbons (Fsp3) is 0.143. The standard InChI is InChI=1S/C14H11BrF3NO/c1-7(19)10-6-9(16)2-3-12(10)20-13-5-8(15)4-11(17)14(13)18/h2-7H,19H2,1H3/t7-/m1/s1. The number of rotatable bonds is 3. The van der Waals surface area contributed by atoms with E-state index in [2.05, 4.69) is 15.9 Å². The summed E-state index contributed by atoms with van der Waals surface area (Å²) in [6.07, 6.45) is 0. The Labute approximate surface area is 122 Å². The van der Waals surface area contributed by atoms with Crippen molar-refractivity contribution >= 4 is 15.9 Å². The van der Waals surface area contributed by atoms with Crippen LogP contribution in [0.5, 0.6) is 11.5 Å². The number of nitrogens with two attached hydrogens (primary N) is 1. The fourth-order valence-corrected chi connectivity index (χ4v) is 2.10. The third-order valence-electron chi connectivity index (χ3n) is 2.64. The summed E-state index contributed by atoms with van der Waals surface area (Å²) >= 11 is 3.05. The van der Waals surface area contributed by atoms with Gasteiger partial charge in [-0.2, -0.15) is 4.39 Å². The van der Waals surface area contributed by atoms with E-state index in [9.17, 15) is 13.2 Å². The molecule has 2 aromatic rings. The van der Waals surface area contributed by atoms with Gasteiger partial charge in [0.1, 0.15) is 11.6 Å². The maximum atomic E-state index is 13.7. The van der Waals surface area contributed by atoms with Crippen molar-refractivity contribution in [3.05, 3.63) is 57.8 Å². The summed E-state index contributed by atoms with van der Waals surface area (Å²) in [5.41, 5.74) is 6.08. The zero-order valence-electron chi connectivity index (χ0n) is 10.5. The van der Waals surface area contributed by atoms with Gasteiger partial charge in [-0.25, -0.2) is 8.78 Å². The summed E-state index contributed by atoms with van der Waals surface area (Å²) in [4.78, 5) is 0. The van der Waals surface area contributed by atoms with Crippen LogP contribution >= 0.6 is 15.9 Å². The molecular formula is C14H11BrF3NO. The van der Waals surface area contributed by atoms with E-state index in [1.807, 2.05) is 0 Å². The minimum Gasteiger partial charge on any atom is -0.454 e. The lowest BCUT2D eigenvalue weighted by atomic mass is 10.1. The SMILES string of the molecule is C[C@@H](N)c1cc(F)ccc1Oc1cc(Br)cc(F)c1F. The monoisotopic (exact) mass is 345 g/mol. The van der Waals surface area contributed by atoms with Crippen LogP contribution < -0.4 is 10.5 Å². The summed E-state index contributed by atoms with van der Waals surface area (Å²) in [6.45, 7) is 1.64. The predicted octanol–water partition coefficient (Wildman–Crippen LogP) is 4.68. The molecule has 0 bridgehead atoms. The number of hydrogen-bond donors (Lipinski definition) is 1. The van der Waals surface area contributed by atoms with Crippen LogP contribution in [0.2, 0.25) is 0 Å². The second-order valence-electron chi connectivity index (χ2n) is 4.27. The summed E-state index contributed by atoms with van der Waals surface area (Å²) in [5.74, 6) is -2.76. The van der Waals surface area contributed by atoms with E-state index in [-0.39, 0.29) is 11.5 Å². The highest BCUT2D eigenvalue weighted by molar-refractivity contribution is 9.10. The molecular weight excluding hydrogens is 335 g/mol. The van der Waals surface area contributed by atoms with Crippen molar-refractivity contribution in [3.63, 3.8) is 0 Å². The lowest BCUT2D eigenvalue weighted by Crippen LogP contribution is -2.07. The van der Waals surface area contributed by atoms with Gasteiger partial charge in [-0.05, 0) is 37.3 Å². The molecule has 0 aliphatic heterocycles. The molecule has 20 heavy (non-hydrogen) atoms. The summed E-state index contributed by atoms with van der Waals surface area (Å²) in [6, 6.07) is 5.44. The van der Waals surface area contributed by atoms with Crippen molar-refractivity contribution < 1.29 is 17.9 Å². The van der Waals surface area contributed by atoms with Gasteiger partial charge in [0, 0.05) is 16.1 Å². The van der Waals surface area contributed by atoms with Crippen LogP contribution in [0.3, 0.4) is 0 Å². The molecule has 0 unspecified atom stereocenters. The van der Waals surface area contributed by atoms with E-state index in [0.717, 1.165) is 12.1 Å². The van der Waals surface area contributed by atoms with Crippen molar-refractivity contribution in [2.45, 2.75) is 13.0 Å². The summed E-state index contributed by atoms with van der Waals surface area (Å²) < 4.78 is 45.8. The largest absolute Gasteiger partial charge is 0.454 e. The third kappa shape index (κ3) is 3.13. The van der Waals surface area contributed by atoms with E-state index in [1.54, 1.807) is 6.92 Å². The Morgan fingerprint density at radius 1 is 1.10 bits per heavy atom. The Morgan fingerprint density at radius 2 is 1.80 bits per heavy atom. The minimum atomic E-state index is -1.12. The van der Waals surface area contributed by atoms with Crippen molar-refractivity contribution in [1.82, 2.24) is 0 Å². The smallest absolute Gasteiger partial charge is 0.201 e. The predicted molar refractivity (Wildman–Crippen MR) is 73.1 cm³/mol. The highest BCUT2D eigenvalue weighted by Crippen LogP contribution is 2.33. The van der Waals surface area contributed by atoms with Gasteiger partial charge in [0.25, 0.3) is 0 Å². The van der Waals surface area contributed by atoms with E-state index < -0.39 is 23.5 Å². The first kappa shape index (κ1) is 14.9. The first-order chi connectivity index (χ1) is 9.38. The Kier molecular flexibility index (Phi) is 4.35. The number of hydrogen-bond acceptors (Lipinski definition) is 2. The van der Waals surface area contributed by atoms with Gasteiger partial charge < -0.3 is 10.5 Å². The molecule has 106 valence electrons. The molecule has 2 N–H and O–H groups in total. The first-order valence-corrected chi connectivity index (χ1v) is 6.55. The van der Waals surface area contributed by atoms with E-state index in [0.29, 0.717) is 10.0 Å². The zero-order valence-corrected chi connectivity index (χ0v) is 12.0. The molecule has 0 aliphatic carbocycles.